The van der Waals surface area contributed by atoms with Crippen LogP contribution in [0.5, 0.6) is 0 Å². The molecular formula is C17H23N3O3S. The summed E-state index contributed by atoms with van der Waals surface area (Å²) < 4.78 is 10.9. The number of aryl methyl sites for hydroxylation is 1. The largest absolute Gasteiger partial charge is 0.462 e. The third kappa shape index (κ3) is 3.37. The molecule has 0 aliphatic carbocycles. The normalized spacial score (nSPS) is 24.1. The second kappa shape index (κ2) is 7.03. The molecule has 130 valence electrons. The van der Waals surface area contributed by atoms with Crippen molar-refractivity contribution in [1.82, 2.24) is 9.97 Å². The number of esters is 1. The van der Waals surface area contributed by atoms with Gasteiger partial charge in [-0.2, -0.15) is 0 Å². The highest BCUT2D eigenvalue weighted by Gasteiger charge is 2.26. The van der Waals surface area contributed by atoms with E-state index in [1.165, 1.54) is 11.3 Å². The third-order valence-corrected chi connectivity index (χ3v) is 5.41. The van der Waals surface area contributed by atoms with Gasteiger partial charge in [-0.05, 0) is 46.1 Å². The van der Waals surface area contributed by atoms with E-state index in [2.05, 4.69) is 29.1 Å². The van der Waals surface area contributed by atoms with E-state index in [1.807, 2.05) is 6.92 Å². The summed E-state index contributed by atoms with van der Waals surface area (Å²) in [6.07, 6.45) is 3.86. The van der Waals surface area contributed by atoms with Gasteiger partial charge in [-0.15, -0.1) is 11.3 Å². The fourth-order valence-electron chi connectivity index (χ4n) is 3.29. The number of carbonyl (C=O) groups excluding carboxylic acids is 1. The van der Waals surface area contributed by atoms with Gasteiger partial charge in [-0.1, -0.05) is 0 Å². The first-order valence-electron chi connectivity index (χ1n) is 8.32. The van der Waals surface area contributed by atoms with Crippen molar-refractivity contribution in [3.63, 3.8) is 0 Å². The Kier molecular flexibility index (Phi) is 5.01. The van der Waals surface area contributed by atoms with E-state index in [4.69, 9.17) is 9.47 Å². The maximum Gasteiger partial charge on any atom is 0.348 e. The second-order valence-corrected chi connectivity index (χ2v) is 7.25. The first-order chi connectivity index (χ1) is 11.5. The molecule has 1 fully saturated rings. The molecule has 3 heterocycles. The molecule has 2 atom stereocenters. The van der Waals surface area contributed by atoms with Crippen molar-refractivity contribution in [2.45, 2.75) is 58.8 Å². The number of thiophene rings is 1. The topological polar surface area (TPSA) is 73.3 Å². The molecule has 2 aromatic rings. The van der Waals surface area contributed by atoms with Crippen LogP contribution in [0.4, 0.5) is 5.82 Å². The van der Waals surface area contributed by atoms with Gasteiger partial charge in [0, 0.05) is 6.04 Å². The van der Waals surface area contributed by atoms with Crippen LogP contribution in [0.2, 0.25) is 0 Å². The quantitative estimate of drug-likeness (QED) is 0.851. The van der Waals surface area contributed by atoms with Gasteiger partial charge < -0.3 is 14.8 Å². The zero-order valence-corrected chi connectivity index (χ0v) is 15.3. The first kappa shape index (κ1) is 17.1. The molecular weight excluding hydrogens is 326 g/mol. The molecule has 1 saturated heterocycles. The van der Waals surface area contributed by atoms with E-state index >= 15 is 0 Å². The van der Waals surface area contributed by atoms with Gasteiger partial charge >= 0.3 is 5.97 Å². The SMILES string of the molecule is CCOC(=O)c1sc2ncnc(NC3C[C@H](C)O[C@@H](C)C3)c2c1C. The van der Waals surface area contributed by atoms with E-state index < -0.39 is 0 Å². The Labute approximate surface area is 145 Å². The number of ether oxygens (including phenoxy) is 2. The van der Waals surface area contributed by atoms with Gasteiger partial charge in [-0.25, -0.2) is 14.8 Å². The molecule has 0 amide bonds. The van der Waals surface area contributed by atoms with Crippen molar-refractivity contribution in [3.8, 4) is 0 Å². The number of aromatic nitrogens is 2. The van der Waals surface area contributed by atoms with Crippen molar-refractivity contribution in [1.29, 1.82) is 0 Å². The molecule has 7 heteroatoms. The fraction of sp³-hybridized carbons (Fsp3) is 0.588. The lowest BCUT2D eigenvalue weighted by molar-refractivity contribution is -0.0338. The first-order valence-corrected chi connectivity index (χ1v) is 9.14. The summed E-state index contributed by atoms with van der Waals surface area (Å²) in [5, 5.41) is 4.45. The van der Waals surface area contributed by atoms with Crippen LogP contribution < -0.4 is 5.32 Å². The van der Waals surface area contributed by atoms with E-state index in [0.29, 0.717) is 17.5 Å². The van der Waals surface area contributed by atoms with Gasteiger partial charge in [0.2, 0.25) is 0 Å². The number of anilines is 1. The average molecular weight is 349 g/mol. The van der Waals surface area contributed by atoms with Crippen LogP contribution in [0, 0.1) is 6.92 Å². The smallest absolute Gasteiger partial charge is 0.348 e. The van der Waals surface area contributed by atoms with E-state index in [1.54, 1.807) is 13.3 Å². The summed E-state index contributed by atoms with van der Waals surface area (Å²) >= 11 is 1.36. The Balaban J connectivity index is 1.92. The Hall–Kier alpha value is -1.73. The van der Waals surface area contributed by atoms with Crippen molar-refractivity contribution < 1.29 is 14.3 Å². The van der Waals surface area contributed by atoms with Crippen LogP contribution in [0.15, 0.2) is 6.33 Å². The van der Waals surface area contributed by atoms with Crippen LogP contribution in [0.1, 0.15) is 48.8 Å². The lowest BCUT2D eigenvalue weighted by Gasteiger charge is -2.32. The monoisotopic (exact) mass is 349 g/mol. The van der Waals surface area contributed by atoms with Gasteiger partial charge in [0.1, 0.15) is 21.9 Å². The van der Waals surface area contributed by atoms with Crippen LogP contribution in [-0.4, -0.2) is 40.8 Å². The zero-order valence-electron chi connectivity index (χ0n) is 14.5. The van der Waals surface area contributed by atoms with E-state index in [9.17, 15) is 4.79 Å². The molecule has 3 rings (SSSR count). The fourth-order valence-corrected chi connectivity index (χ4v) is 4.33. The summed E-state index contributed by atoms with van der Waals surface area (Å²) in [5.74, 6) is 0.493. The van der Waals surface area contributed by atoms with Gasteiger partial charge in [0.05, 0.1) is 24.2 Å². The summed E-state index contributed by atoms with van der Waals surface area (Å²) in [5.41, 5.74) is 0.879. The zero-order chi connectivity index (χ0) is 17.3. The van der Waals surface area contributed by atoms with Gasteiger partial charge in [-0.3, -0.25) is 0 Å². The molecule has 1 aliphatic heterocycles. The van der Waals surface area contributed by atoms with Crippen LogP contribution >= 0.6 is 11.3 Å². The molecule has 0 saturated carbocycles. The third-order valence-electron chi connectivity index (χ3n) is 4.23. The summed E-state index contributed by atoms with van der Waals surface area (Å²) in [6, 6.07) is 0.298. The van der Waals surface area contributed by atoms with Crippen molar-refractivity contribution in [2.75, 3.05) is 11.9 Å². The molecule has 0 bridgehead atoms. The Morgan fingerprint density at radius 1 is 1.38 bits per heavy atom. The molecule has 0 aromatic carbocycles. The summed E-state index contributed by atoms with van der Waals surface area (Å²) in [7, 11) is 0. The van der Waals surface area contributed by atoms with E-state index in [-0.39, 0.29) is 18.2 Å². The minimum absolute atomic E-state index is 0.224. The maximum absolute atomic E-state index is 12.1. The Bertz CT molecular complexity index is 736. The van der Waals surface area contributed by atoms with E-state index in [0.717, 1.165) is 34.4 Å². The van der Waals surface area contributed by atoms with Crippen LogP contribution in [0.25, 0.3) is 10.2 Å². The van der Waals surface area contributed by atoms with Crippen molar-refractivity contribution in [3.05, 3.63) is 16.8 Å². The second-order valence-electron chi connectivity index (χ2n) is 6.25. The standard InChI is InChI=1S/C17H23N3O3S/c1-5-22-17(21)14-11(4)13-15(18-8-19-16(13)24-14)20-12-6-9(2)23-10(3)7-12/h8-10,12H,5-7H2,1-4H3,(H,18,19,20)/t9-,10-/m0/s1. The highest BCUT2D eigenvalue weighted by atomic mass is 32.1. The average Bonchev–Trinajstić information content (AvgIpc) is 2.85. The Morgan fingerprint density at radius 3 is 2.75 bits per heavy atom. The molecule has 2 aromatic heterocycles. The minimum atomic E-state index is -0.294. The number of rotatable bonds is 4. The number of hydrogen-bond acceptors (Lipinski definition) is 7. The van der Waals surface area contributed by atoms with Crippen LogP contribution in [0.3, 0.4) is 0 Å². The minimum Gasteiger partial charge on any atom is -0.462 e. The molecule has 1 aliphatic rings. The molecule has 24 heavy (non-hydrogen) atoms. The number of hydrogen-bond donors (Lipinski definition) is 1. The highest BCUT2D eigenvalue weighted by Crippen LogP contribution is 2.34. The summed E-state index contributed by atoms with van der Waals surface area (Å²) in [6.45, 7) is 8.28. The number of carbonyl (C=O) groups is 1. The predicted octanol–water partition coefficient (Wildman–Crippen LogP) is 3.54. The highest BCUT2D eigenvalue weighted by molar-refractivity contribution is 7.20. The number of nitrogens with zero attached hydrogens (tertiary/aromatic N) is 2. The lowest BCUT2D eigenvalue weighted by atomic mass is 9.99. The molecule has 0 unspecified atom stereocenters. The molecule has 1 N–H and O–H groups in total. The Morgan fingerprint density at radius 2 is 2.08 bits per heavy atom. The molecule has 0 radical (unpaired) electrons. The van der Waals surface area contributed by atoms with Crippen molar-refractivity contribution >= 4 is 33.3 Å². The lowest BCUT2D eigenvalue weighted by Crippen LogP contribution is -2.37. The number of nitrogens with one attached hydrogen (secondary N) is 1. The van der Waals surface area contributed by atoms with Gasteiger partial charge in [0.25, 0.3) is 0 Å². The van der Waals surface area contributed by atoms with Crippen molar-refractivity contribution in [2.24, 2.45) is 0 Å². The van der Waals surface area contributed by atoms with Crippen LogP contribution in [-0.2, 0) is 9.47 Å². The molecule has 0 spiro atoms. The van der Waals surface area contributed by atoms with Gasteiger partial charge in [0.15, 0.2) is 0 Å². The molecule has 6 nitrogen and oxygen atoms in total. The number of fused-ring (bicyclic) bond motifs is 1. The summed E-state index contributed by atoms with van der Waals surface area (Å²) in [4.78, 5) is 22.3. The maximum atomic E-state index is 12.1. The predicted molar refractivity (Wildman–Crippen MR) is 94.8 cm³/mol.